The van der Waals surface area contributed by atoms with Crippen molar-refractivity contribution in [2.75, 3.05) is 39.3 Å². The lowest BCUT2D eigenvalue weighted by Crippen LogP contribution is -2.51. The number of nitrogens with zero attached hydrogens (tertiary/aromatic N) is 3. The van der Waals surface area contributed by atoms with Crippen molar-refractivity contribution >= 4 is 28.1 Å². The number of fused-ring (bicyclic) bond motifs is 2. The molecule has 0 saturated carbocycles. The van der Waals surface area contributed by atoms with Gasteiger partial charge in [-0.2, -0.15) is 0 Å². The second-order valence-electron chi connectivity index (χ2n) is 8.50. The Labute approximate surface area is 196 Å². The van der Waals surface area contributed by atoms with E-state index in [4.69, 9.17) is 4.74 Å². The number of urea groups is 1. The Morgan fingerprint density at radius 2 is 1.85 bits per heavy atom. The number of benzene rings is 2. The van der Waals surface area contributed by atoms with Crippen LogP contribution in [0.5, 0.6) is 5.75 Å². The average molecular weight is 461 g/mol. The van der Waals surface area contributed by atoms with Crippen molar-refractivity contribution in [2.45, 2.75) is 13.0 Å². The number of aromatic amines is 2. The maximum atomic E-state index is 12.5. The molecule has 0 aliphatic carbocycles. The number of aromatic nitrogens is 3. The fourth-order valence-corrected chi connectivity index (χ4v) is 4.22. The third-order valence-corrected chi connectivity index (χ3v) is 6.04. The molecule has 1 fully saturated rings. The third-order valence-electron chi connectivity index (χ3n) is 6.04. The number of amides is 2. The van der Waals surface area contributed by atoms with Crippen molar-refractivity contribution in [1.29, 1.82) is 0 Å². The molecule has 0 spiro atoms. The van der Waals surface area contributed by atoms with Gasteiger partial charge in [-0.05, 0) is 36.2 Å². The number of hydrogen-bond donors (Lipinski definition) is 3. The zero-order valence-corrected chi connectivity index (χ0v) is 18.9. The van der Waals surface area contributed by atoms with E-state index < -0.39 is 0 Å². The van der Waals surface area contributed by atoms with Crippen molar-refractivity contribution in [3.8, 4) is 5.75 Å². The van der Waals surface area contributed by atoms with Gasteiger partial charge in [0.2, 0.25) is 0 Å². The highest BCUT2D eigenvalue weighted by Gasteiger charge is 2.20. The second-order valence-corrected chi connectivity index (χ2v) is 8.50. The summed E-state index contributed by atoms with van der Waals surface area (Å²) >= 11 is 0. The standard InChI is InChI=1S/C25H28N6O3/c32-24-28-22-16-19-15-20(7-8-21(19)27-23(22)29-24)34-14-4-9-26-25(33)31-12-10-30(11-13-31)17-18-5-2-1-3-6-18/h1-3,5-8,15-16H,4,9-14,17H2,(H,26,33)(H2,27,28,29,32). The van der Waals surface area contributed by atoms with Crippen LogP contribution in [0.4, 0.5) is 4.79 Å². The maximum Gasteiger partial charge on any atom is 0.325 e. The Hall–Kier alpha value is -3.85. The molecule has 5 rings (SSSR count). The van der Waals surface area contributed by atoms with Crippen molar-refractivity contribution < 1.29 is 9.53 Å². The molecule has 3 N–H and O–H groups in total. The van der Waals surface area contributed by atoms with E-state index >= 15 is 0 Å². The molecular formula is C25H28N6O3. The molecule has 4 aromatic rings. The number of hydrogen-bond acceptors (Lipinski definition) is 5. The van der Waals surface area contributed by atoms with Crippen LogP contribution >= 0.6 is 0 Å². The van der Waals surface area contributed by atoms with Gasteiger partial charge in [-0.3, -0.25) is 9.88 Å². The summed E-state index contributed by atoms with van der Waals surface area (Å²) in [6.07, 6.45) is 0.708. The maximum absolute atomic E-state index is 12.5. The number of nitrogens with one attached hydrogen (secondary N) is 3. The smallest absolute Gasteiger partial charge is 0.325 e. The van der Waals surface area contributed by atoms with Gasteiger partial charge < -0.3 is 19.9 Å². The van der Waals surface area contributed by atoms with Gasteiger partial charge in [-0.1, -0.05) is 30.3 Å². The molecule has 2 amide bonds. The highest BCUT2D eigenvalue weighted by atomic mass is 16.5. The monoisotopic (exact) mass is 460 g/mol. The number of rotatable bonds is 7. The van der Waals surface area contributed by atoms with Gasteiger partial charge in [0.25, 0.3) is 0 Å². The van der Waals surface area contributed by atoms with Gasteiger partial charge in [0.05, 0.1) is 17.6 Å². The molecule has 3 heterocycles. The largest absolute Gasteiger partial charge is 0.494 e. The molecule has 1 aliphatic rings. The van der Waals surface area contributed by atoms with Crippen LogP contribution in [0, 0.1) is 0 Å². The van der Waals surface area contributed by atoms with Gasteiger partial charge in [-0.25, -0.2) is 14.6 Å². The van der Waals surface area contributed by atoms with E-state index in [0.717, 1.165) is 49.4 Å². The molecule has 0 radical (unpaired) electrons. The fourth-order valence-electron chi connectivity index (χ4n) is 4.22. The summed E-state index contributed by atoms with van der Waals surface area (Å²) in [5.74, 6) is 0.729. The number of imidazole rings is 1. The van der Waals surface area contributed by atoms with Gasteiger partial charge in [0.15, 0.2) is 5.65 Å². The Bertz CT molecular complexity index is 1320. The van der Waals surface area contributed by atoms with E-state index in [1.165, 1.54) is 5.56 Å². The molecular weight excluding hydrogens is 432 g/mol. The predicted octanol–water partition coefficient (Wildman–Crippen LogP) is 2.70. The molecule has 2 aromatic carbocycles. The predicted molar refractivity (Wildman–Crippen MR) is 131 cm³/mol. The van der Waals surface area contributed by atoms with Crippen LogP contribution in [-0.4, -0.2) is 70.1 Å². The number of carbonyl (C=O) groups is 1. The molecule has 176 valence electrons. The number of pyridine rings is 1. The average Bonchev–Trinajstić information content (AvgIpc) is 3.22. The minimum absolute atomic E-state index is 0.0133. The van der Waals surface area contributed by atoms with Gasteiger partial charge in [0, 0.05) is 44.7 Å². The topological polar surface area (TPSA) is 106 Å². The van der Waals surface area contributed by atoms with E-state index in [-0.39, 0.29) is 11.7 Å². The first-order valence-electron chi connectivity index (χ1n) is 11.6. The molecule has 1 saturated heterocycles. The molecule has 0 bridgehead atoms. The lowest BCUT2D eigenvalue weighted by molar-refractivity contribution is 0.135. The summed E-state index contributed by atoms with van der Waals surface area (Å²) in [7, 11) is 0. The number of piperazine rings is 1. The number of ether oxygens (including phenoxy) is 1. The third kappa shape index (κ3) is 5.20. The Morgan fingerprint density at radius 3 is 2.68 bits per heavy atom. The van der Waals surface area contributed by atoms with Gasteiger partial charge >= 0.3 is 11.7 Å². The summed E-state index contributed by atoms with van der Waals surface area (Å²) in [5.41, 5.74) is 3.02. The molecule has 0 atom stereocenters. The van der Waals surface area contributed by atoms with E-state index in [1.807, 2.05) is 35.2 Å². The van der Waals surface area contributed by atoms with Crippen LogP contribution in [0.3, 0.4) is 0 Å². The van der Waals surface area contributed by atoms with Crippen LogP contribution in [0.25, 0.3) is 22.1 Å². The molecule has 9 heteroatoms. The summed E-state index contributed by atoms with van der Waals surface area (Å²) < 4.78 is 5.85. The molecule has 34 heavy (non-hydrogen) atoms. The SMILES string of the molecule is O=C(NCCCOc1ccc2nc3[nH]c(=O)[nH]c3cc2c1)N1CCN(Cc2ccccc2)CC1. The van der Waals surface area contributed by atoms with E-state index in [1.54, 1.807) is 0 Å². The first-order chi connectivity index (χ1) is 16.6. The Balaban J connectivity index is 1.03. The summed E-state index contributed by atoms with van der Waals surface area (Å²) in [6, 6.07) is 17.9. The van der Waals surface area contributed by atoms with Crippen molar-refractivity contribution in [3.63, 3.8) is 0 Å². The lowest BCUT2D eigenvalue weighted by atomic mass is 10.2. The summed E-state index contributed by atoms with van der Waals surface area (Å²) in [4.78, 5) is 38.0. The summed E-state index contributed by atoms with van der Waals surface area (Å²) in [6.45, 7) is 5.21. The first kappa shape index (κ1) is 22.0. The fraction of sp³-hybridized carbons (Fsp3) is 0.320. The van der Waals surface area contributed by atoms with Gasteiger partial charge in [-0.15, -0.1) is 0 Å². The van der Waals surface area contributed by atoms with Crippen molar-refractivity contribution in [2.24, 2.45) is 0 Å². The second kappa shape index (κ2) is 9.96. The normalized spacial score (nSPS) is 14.5. The van der Waals surface area contributed by atoms with E-state index in [9.17, 15) is 9.59 Å². The number of H-pyrrole nitrogens is 2. The minimum Gasteiger partial charge on any atom is -0.494 e. The lowest BCUT2D eigenvalue weighted by Gasteiger charge is -2.34. The van der Waals surface area contributed by atoms with E-state index in [0.29, 0.717) is 30.7 Å². The van der Waals surface area contributed by atoms with Crippen LogP contribution in [-0.2, 0) is 6.54 Å². The summed E-state index contributed by atoms with van der Waals surface area (Å²) in [5, 5.41) is 3.89. The molecule has 2 aromatic heterocycles. The zero-order valence-electron chi connectivity index (χ0n) is 18.9. The molecule has 0 unspecified atom stereocenters. The van der Waals surface area contributed by atoms with Crippen molar-refractivity contribution in [1.82, 2.24) is 30.1 Å². The molecule has 9 nitrogen and oxygen atoms in total. The molecule has 1 aliphatic heterocycles. The van der Waals surface area contributed by atoms with Crippen LogP contribution < -0.4 is 15.7 Å². The van der Waals surface area contributed by atoms with Crippen LogP contribution in [0.2, 0.25) is 0 Å². The minimum atomic E-state index is -0.273. The zero-order chi connectivity index (χ0) is 23.3. The Morgan fingerprint density at radius 1 is 1.03 bits per heavy atom. The quantitative estimate of drug-likeness (QED) is 0.368. The number of carbonyl (C=O) groups excluding carboxylic acids is 1. The van der Waals surface area contributed by atoms with Crippen molar-refractivity contribution in [3.05, 3.63) is 70.6 Å². The van der Waals surface area contributed by atoms with Crippen LogP contribution in [0.1, 0.15) is 12.0 Å². The van der Waals surface area contributed by atoms with E-state index in [2.05, 4.69) is 49.4 Å². The highest BCUT2D eigenvalue weighted by Crippen LogP contribution is 2.22. The highest BCUT2D eigenvalue weighted by molar-refractivity contribution is 5.90. The Kier molecular flexibility index (Phi) is 6.44. The first-order valence-corrected chi connectivity index (χ1v) is 11.6. The van der Waals surface area contributed by atoms with Gasteiger partial charge in [0.1, 0.15) is 5.75 Å². The van der Waals surface area contributed by atoms with Crippen LogP contribution in [0.15, 0.2) is 59.4 Å².